The van der Waals surface area contributed by atoms with Crippen LogP contribution in [0.5, 0.6) is 11.5 Å². The highest BCUT2D eigenvalue weighted by Gasteiger charge is 2.20. The topological polar surface area (TPSA) is 38.8 Å². The molecule has 0 bridgehead atoms. The lowest BCUT2D eigenvalue weighted by molar-refractivity contribution is -0.131. The SMILES string of the molecule is COc1cccc2c1OCCCN(C(=O)Cc1ccsc1)C2. The van der Waals surface area contributed by atoms with Crippen LogP contribution in [0.15, 0.2) is 35.0 Å². The van der Waals surface area contributed by atoms with Crippen LogP contribution in [0.3, 0.4) is 0 Å². The van der Waals surface area contributed by atoms with E-state index in [2.05, 4.69) is 0 Å². The second kappa shape index (κ2) is 6.83. The van der Waals surface area contributed by atoms with E-state index in [4.69, 9.17) is 9.47 Å². The smallest absolute Gasteiger partial charge is 0.227 e. The summed E-state index contributed by atoms with van der Waals surface area (Å²) in [4.78, 5) is 14.5. The molecule has 0 unspecified atom stereocenters. The van der Waals surface area contributed by atoms with Gasteiger partial charge in [-0.2, -0.15) is 11.3 Å². The third-order valence-corrected chi connectivity index (χ3v) is 4.48. The number of amides is 1. The third-order valence-electron chi connectivity index (χ3n) is 3.75. The summed E-state index contributed by atoms with van der Waals surface area (Å²) in [6.45, 7) is 1.88. The van der Waals surface area contributed by atoms with Crippen LogP contribution in [-0.4, -0.2) is 31.1 Å². The summed E-state index contributed by atoms with van der Waals surface area (Å²) >= 11 is 1.62. The number of methoxy groups -OCH3 is 1. The van der Waals surface area contributed by atoms with Gasteiger partial charge in [-0.05, 0) is 34.9 Å². The first-order chi connectivity index (χ1) is 10.8. The maximum Gasteiger partial charge on any atom is 0.227 e. The summed E-state index contributed by atoms with van der Waals surface area (Å²) in [5, 5.41) is 4.03. The van der Waals surface area contributed by atoms with E-state index in [-0.39, 0.29) is 5.91 Å². The second-order valence-electron chi connectivity index (χ2n) is 5.27. The van der Waals surface area contributed by atoms with Crippen LogP contribution in [0.1, 0.15) is 17.5 Å². The van der Waals surface area contributed by atoms with Gasteiger partial charge in [0.15, 0.2) is 11.5 Å². The predicted molar refractivity (Wildman–Crippen MR) is 86.5 cm³/mol. The minimum absolute atomic E-state index is 0.161. The van der Waals surface area contributed by atoms with Crippen molar-refractivity contribution in [1.29, 1.82) is 0 Å². The van der Waals surface area contributed by atoms with Crippen LogP contribution < -0.4 is 9.47 Å². The van der Waals surface area contributed by atoms with Crippen molar-refractivity contribution in [3.05, 3.63) is 46.2 Å². The molecule has 0 fully saturated rings. The van der Waals surface area contributed by atoms with E-state index in [0.29, 0.717) is 19.6 Å². The lowest BCUT2D eigenvalue weighted by Crippen LogP contribution is -2.34. The Morgan fingerprint density at radius 2 is 2.32 bits per heavy atom. The average molecular weight is 317 g/mol. The summed E-state index contributed by atoms with van der Waals surface area (Å²) in [6, 6.07) is 7.82. The van der Waals surface area contributed by atoms with E-state index >= 15 is 0 Å². The Kier molecular flexibility index (Phi) is 4.63. The van der Waals surface area contributed by atoms with Crippen LogP contribution in [-0.2, 0) is 17.8 Å². The fraction of sp³-hybridized carbons (Fsp3) is 0.353. The molecule has 0 atom stereocenters. The molecule has 1 aromatic carbocycles. The molecule has 0 saturated heterocycles. The van der Waals surface area contributed by atoms with Crippen molar-refractivity contribution in [2.24, 2.45) is 0 Å². The van der Waals surface area contributed by atoms with Gasteiger partial charge in [0.05, 0.1) is 20.1 Å². The Balaban J connectivity index is 1.80. The summed E-state index contributed by atoms with van der Waals surface area (Å²) in [5.74, 6) is 1.65. The molecule has 1 aromatic heterocycles. The highest BCUT2D eigenvalue weighted by molar-refractivity contribution is 7.07. The molecule has 2 heterocycles. The van der Waals surface area contributed by atoms with Crippen LogP contribution in [0.4, 0.5) is 0 Å². The molecule has 2 aromatic rings. The van der Waals surface area contributed by atoms with Gasteiger partial charge in [0, 0.05) is 18.7 Å². The van der Waals surface area contributed by atoms with Gasteiger partial charge in [-0.1, -0.05) is 12.1 Å². The van der Waals surface area contributed by atoms with Gasteiger partial charge < -0.3 is 14.4 Å². The molecule has 3 rings (SSSR count). The Hall–Kier alpha value is -2.01. The number of fused-ring (bicyclic) bond motifs is 1. The van der Waals surface area contributed by atoms with Crippen molar-refractivity contribution >= 4 is 17.2 Å². The summed E-state index contributed by atoms with van der Waals surface area (Å²) in [5.41, 5.74) is 2.08. The summed E-state index contributed by atoms with van der Waals surface area (Å²) < 4.78 is 11.2. The molecule has 0 spiro atoms. The average Bonchev–Trinajstić information content (AvgIpc) is 3.00. The van der Waals surface area contributed by atoms with Gasteiger partial charge in [-0.25, -0.2) is 0 Å². The van der Waals surface area contributed by atoms with Crippen LogP contribution in [0, 0.1) is 0 Å². The van der Waals surface area contributed by atoms with Crippen molar-refractivity contribution in [1.82, 2.24) is 4.90 Å². The fourth-order valence-corrected chi connectivity index (χ4v) is 3.29. The zero-order valence-electron chi connectivity index (χ0n) is 12.6. The molecule has 1 amide bonds. The molecule has 116 valence electrons. The van der Waals surface area contributed by atoms with Gasteiger partial charge in [-0.15, -0.1) is 0 Å². The molecular formula is C17H19NO3S. The minimum atomic E-state index is 0.161. The zero-order valence-corrected chi connectivity index (χ0v) is 13.4. The first-order valence-electron chi connectivity index (χ1n) is 7.35. The van der Waals surface area contributed by atoms with E-state index < -0.39 is 0 Å². The molecule has 4 nitrogen and oxygen atoms in total. The number of thiophene rings is 1. The van der Waals surface area contributed by atoms with Crippen LogP contribution in [0.25, 0.3) is 0 Å². The lowest BCUT2D eigenvalue weighted by Gasteiger charge is -2.27. The molecule has 5 heteroatoms. The molecule has 22 heavy (non-hydrogen) atoms. The normalized spacial score (nSPS) is 14.5. The molecule has 0 radical (unpaired) electrons. The van der Waals surface area contributed by atoms with Gasteiger partial charge in [-0.3, -0.25) is 4.79 Å². The van der Waals surface area contributed by atoms with Gasteiger partial charge in [0.2, 0.25) is 5.91 Å². The van der Waals surface area contributed by atoms with Crippen molar-refractivity contribution in [3.63, 3.8) is 0 Å². The van der Waals surface area contributed by atoms with Gasteiger partial charge in [0.1, 0.15) is 0 Å². The third kappa shape index (κ3) is 3.25. The number of para-hydroxylation sites is 1. The van der Waals surface area contributed by atoms with E-state index in [1.54, 1.807) is 18.4 Å². The van der Waals surface area contributed by atoms with Crippen molar-refractivity contribution in [2.75, 3.05) is 20.3 Å². The monoisotopic (exact) mass is 317 g/mol. The Morgan fingerprint density at radius 1 is 1.41 bits per heavy atom. The lowest BCUT2D eigenvalue weighted by atomic mass is 10.1. The molecule has 1 aliphatic rings. The Morgan fingerprint density at radius 3 is 3.09 bits per heavy atom. The number of hydrogen-bond acceptors (Lipinski definition) is 4. The highest BCUT2D eigenvalue weighted by Crippen LogP contribution is 2.33. The molecule has 0 aliphatic carbocycles. The fourth-order valence-electron chi connectivity index (χ4n) is 2.62. The first kappa shape index (κ1) is 14.9. The van der Waals surface area contributed by atoms with E-state index in [9.17, 15) is 4.79 Å². The number of hydrogen-bond donors (Lipinski definition) is 0. The summed E-state index contributed by atoms with van der Waals surface area (Å²) in [6.07, 6.45) is 1.29. The maximum atomic E-state index is 12.6. The number of ether oxygens (including phenoxy) is 2. The first-order valence-corrected chi connectivity index (χ1v) is 8.29. The predicted octanol–water partition coefficient (Wildman–Crippen LogP) is 3.11. The standard InChI is InChI=1S/C17H19NO3S/c1-20-15-5-2-4-14-11-18(7-3-8-21-17(14)15)16(19)10-13-6-9-22-12-13/h2,4-6,9,12H,3,7-8,10-11H2,1H3. The van der Waals surface area contributed by atoms with E-state index in [1.807, 2.05) is 39.9 Å². The number of carbonyl (C=O) groups excluding carboxylic acids is 1. The van der Waals surface area contributed by atoms with Crippen molar-refractivity contribution in [3.8, 4) is 11.5 Å². The quantitative estimate of drug-likeness (QED) is 0.873. The Labute approximate surface area is 134 Å². The number of carbonyl (C=O) groups is 1. The highest BCUT2D eigenvalue weighted by atomic mass is 32.1. The van der Waals surface area contributed by atoms with Crippen molar-refractivity contribution < 1.29 is 14.3 Å². The molecule has 1 aliphatic heterocycles. The molecular weight excluding hydrogens is 298 g/mol. The summed E-state index contributed by atoms with van der Waals surface area (Å²) in [7, 11) is 1.64. The van der Waals surface area contributed by atoms with Crippen molar-refractivity contribution in [2.45, 2.75) is 19.4 Å². The number of rotatable bonds is 3. The largest absolute Gasteiger partial charge is 0.493 e. The van der Waals surface area contributed by atoms with Gasteiger partial charge >= 0.3 is 0 Å². The number of nitrogens with zero attached hydrogens (tertiary/aromatic N) is 1. The zero-order chi connectivity index (χ0) is 15.4. The molecule has 0 N–H and O–H groups in total. The van der Waals surface area contributed by atoms with E-state index in [0.717, 1.165) is 35.6 Å². The van der Waals surface area contributed by atoms with E-state index in [1.165, 1.54) is 0 Å². The Bertz CT molecular complexity index is 639. The number of benzene rings is 1. The minimum Gasteiger partial charge on any atom is -0.493 e. The second-order valence-corrected chi connectivity index (χ2v) is 6.05. The maximum absolute atomic E-state index is 12.6. The van der Waals surface area contributed by atoms with Crippen LogP contribution in [0.2, 0.25) is 0 Å². The molecule has 0 saturated carbocycles. The van der Waals surface area contributed by atoms with Crippen LogP contribution >= 0.6 is 11.3 Å². The van der Waals surface area contributed by atoms with Gasteiger partial charge in [0.25, 0.3) is 0 Å².